The van der Waals surface area contributed by atoms with E-state index in [0.717, 1.165) is 16.2 Å². The average molecular weight is 319 g/mol. The van der Waals surface area contributed by atoms with E-state index in [0.29, 0.717) is 11.1 Å². The van der Waals surface area contributed by atoms with Crippen molar-refractivity contribution >= 4 is 40.9 Å². The number of rotatable bonds is 4. The minimum absolute atomic E-state index is 0.169. The van der Waals surface area contributed by atoms with Crippen molar-refractivity contribution in [2.75, 3.05) is 5.88 Å². The third-order valence-corrected chi connectivity index (χ3v) is 5.05. The van der Waals surface area contributed by atoms with Gasteiger partial charge in [-0.25, -0.2) is 4.79 Å². The molecule has 0 radical (unpaired) electrons. The van der Waals surface area contributed by atoms with Crippen LogP contribution in [0.3, 0.4) is 0 Å². The van der Waals surface area contributed by atoms with Crippen molar-refractivity contribution in [3.63, 3.8) is 0 Å². The lowest BCUT2D eigenvalue weighted by Gasteiger charge is -2.12. The van der Waals surface area contributed by atoms with Gasteiger partial charge in [-0.3, -0.25) is 14.5 Å². The number of thioether (sulfide) groups is 1. The fourth-order valence-electron chi connectivity index (χ4n) is 2.00. The largest absolute Gasteiger partial charge is 0.477 e. The summed E-state index contributed by atoms with van der Waals surface area (Å²) in [7, 11) is 0. The number of nitrogens with zero attached hydrogens (tertiary/aromatic N) is 1. The Hall–Kier alpha value is -2.12. The summed E-state index contributed by atoms with van der Waals surface area (Å²) in [6, 6.07) is 8.24. The van der Waals surface area contributed by atoms with Gasteiger partial charge in [-0.1, -0.05) is 12.1 Å². The van der Waals surface area contributed by atoms with E-state index in [1.807, 2.05) is 0 Å². The van der Waals surface area contributed by atoms with Crippen LogP contribution < -0.4 is 0 Å². The van der Waals surface area contributed by atoms with Crippen LogP contribution in [0.25, 0.3) is 0 Å². The number of amides is 2. The minimum atomic E-state index is -0.979. The lowest BCUT2D eigenvalue weighted by atomic mass is 10.1. The maximum atomic E-state index is 12.1. The number of aromatic carboxylic acids is 1. The van der Waals surface area contributed by atoms with E-state index in [1.165, 1.54) is 22.7 Å². The fraction of sp³-hybridized carbons (Fsp3) is 0.0714. The summed E-state index contributed by atoms with van der Waals surface area (Å²) in [5.74, 6) is -1.43. The van der Waals surface area contributed by atoms with Crippen molar-refractivity contribution in [3.05, 3.63) is 51.7 Å². The van der Waals surface area contributed by atoms with Gasteiger partial charge in [0.05, 0.1) is 17.0 Å². The molecule has 1 aromatic carbocycles. The number of benzene rings is 1. The highest BCUT2D eigenvalue weighted by Crippen LogP contribution is 2.29. The Labute approximate surface area is 128 Å². The molecule has 0 unspecified atom stereocenters. The molecule has 7 heteroatoms. The summed E-state index contributed by atoms with van der Waals surface area (Å²) in [4.78, 5) is 37.2. The number of carbonyl (C=O) groups is 3. The van der Waals surface area contributed by atoms with Gasteiger partial charge in [0.15, 0.2) is 0 Å². The summed E-state index contributed by atoms with van der Waals surface area (Å²) in [6.45, 7) is 0. The molecule has 0 atom stereocenters. The number of carbonyl (C=O) groups excluding carboxylic acids is 2. The summed E-state index contributed by atoms with van der Waals surface area (Å²) in [5.41, 5.74) is 0.833. The highest BCUT2D eigenvalue weighted by molar-refractivity contribution is 7.99. The van der Waals surface area contributed by atoms with Gasteiger partial charge in [-0.2, -0.15) is 0 Å². The third-order valence-electron chi connectivity index (χ3n) is 3.02. The zero-order valence-corrected chi connectivity index (χ0v) is 12.2. The van der Waals surface area contributed by atoms with Gasteiger partial charge in [0.2, 0.25) is 0 Å². The van der Waals surface area contributed by atoms with Crippen LogP contribution in [0.4, 0.5) is 0 Å². The van der Waals surface area contributed by atoms with E-state index < -0.39 is 5.97 Å². The smallest absolute Gasteiger partial charge is 0.345 e. The first kappa shape index (κ1) is 13.8. The first-order valence-corrected chi connectivity index (χ1v) is 7.84. The molecule has 0 spiro atoms. The lowest BCUT2D eigenvalue weighted by Crippen LogP contribution is -2.29. The standard InChI is InChI=1S/C14H9NO4S2/c16-12-9-3-1-2-4-10(9)13(17)15(12)7-21-8-5-11(14(18)19)20-6-8/h1-6H,7H2,(H,18,19). The second-order valence-electron chi connectivity index (χ2n) is 4.31. The molecular formula is C14H9NO4S2. The summed E-state index contributed by atoms with van der Waals surface area (Å²) >= 11 is 2.39. The normalized spacial score (nSPS) is 13.6. The molecule has 5 nitrogen and oxygen atoms in total. The van der Waals surface area contributed by atoms with E-state index >= 15 is 0 Å². The Bertz CT molecular complexity index is 718. The molecule has 1 N–H and O–H groups in total. The maximum absolute atomic E-state index is 12.1. The molecule has 0 aliphatic carbocycles. The molecule has 0 saturated heterocycles. The minimum Gasteiger partial charge on any atom is -0.477 e. The molecule has 21 heavy (non-hydrogen) atoms. The van der Waals surface area contributed by atoms with Crippen LogP contribution in [-0.2, 0) is 0 Å². The number of hydrogen-bond donors (Lipinski definition) is 1. The molecule has 1 aromatic heterocycles. The van der Waals surface area contributed by atoms with Crippen LogP contribution in [0.15, 0.2) is 40.6 Å². The second kappa shape index (κ2) is 5.34. The first-order chi connectivity index (χ1) is 10.1. The molecule has 2 heterocycles. The van der Waals surface area contributed by atoms with Crippen molar-refractivity contribution in [1.82, 2.24) is 4.90 Å². The highest BCUT2D eigenvalue weighted by Gasteiger charge is 2.34. The van der Waals surface area contributed by atoms with Crippen LogP contribution in [0, 0.1) is 0 Å². The van der Waals surface area contributed by atoms with E-state index in [-0.39, 0.29) is 22.6 Å². The predicted octanol–water partition coefficient (Wildman–Crippen LogP) is 2.79. The molecular weight excluding hydrogens is 310 g/mol. The Morgan fingerprint density at radius 2 is 1.81 bits per heavy atom. The molecule has 0 bridgehead atoms. The van der Waals surface area contributed by atoms with Gasteiger partial charge in [0.25, 0.3) is 11.8 Å². The Morgan fingerprint density at radius 3 is 2.33 bits per heavy atom. The molecule has 0 fully saturated rings. The van der Waals surface area contributed by atoms with E-state index in [2.05, 4.69) is 0 Å². The Morgan fingerprint density at radius 1 is 1.19 bits per heavy atom. The average Bonchev–Trinajstić information content (AvgIpc) is 3.03. The predicted molar refractivity (Wildman–Crippen MR) is 78.9 cm³/mol. The van der Waals surface area contributed by atoms with Gasteiger partial charge in [0, 0.05) is 10.3 Å². The van der Waals surface area contributed by atoms with Crippen LogP contribution >= 0.6 is 23.1 Å². The van der Waals surface area contributed by atoms with E-state index in [4.69, 9.17) is 5.11 Å². The van der Waals surface area contributed by atoms with Crippen molar-refractivity contribution in [2.45, 2.75) is 4.90 Å². The number of thiophene rings is 1. The van der Waals surface area contributed by atoms with Crippen LogP contribution in [-0.4, -0.2) is 33.7 Å². The summed E-state index contributed by atoms with van der Waals surface area (Å²) in [5, 5.41) is 10.6. The SMILES string of the molecule is O=C(O)c1cc(SCN2C(=O)c3ccccc3C2=O)cs1. The van der Waals surface area contributed by atoms with E-state index in [9.17, 15) is 14.4 Å². The van der Waals surface area contributed by atoms with Gasteiger partial charge in [-0.15, -0.1) is 23.1 Å². The van der Waals surface area contributed by atoms with E-state index in [1.54, 1.807) is 29.6 Å². The van der Waals surface area contributed by atoms with Crippen LogP contribution in [0.2, 0.25) is 0 Å². The lowest BCUT2D eigenvalue weighted by molar-refractivity contribution is 0.0676. The fourth-order valence-corrected chi connectivity index (χ4v) is 3.81. The Kier molecular flexibility index (Phi) is 3.52. The topological polar surface area (TPSA) is 74.7 Å². The number of hydrogen-bond acceptors (Lipinski definition) is 5. The molecule has 106 valence electrons. The molecule has 1 aliphatic rings. The number of imide groups is 1. The van der Waals surface area contributed by atoms with Crippen LogP contribution in [0.1, 0.15) is 30.4 Å². The van der Waals surface area contributed by atoms with Gasteiger partial charge in [-0.05, 0) is 18.2 Å². The van der Waals surface area contributed by atoms with Crippen molar-refractivity contribution in [2.24, 2.45) is 0 Å². The number of carboxylic acid groups (broad SMARTS) is 1. The van der Waals surface area contributed by atoms with Gasteiger partial charge >= 0.3 is 5.97 Å². The van der Waals surface area contributed by atoms with Gasteiger partial charge < -0.3 is 5.11 Å². The highest BCUT2D eigenvalue weighted by atomic mass is 32.2. The van der Waals surface area contributed by atoms with Gasteiger partial charge in [0.1, 0.15) is 4.88 Å². The number of carboxylic acids is 1. The zero-order chi connectivity index (χ0) is 15.0. The quantitative estimate of drug-likeness (QED) is 0.693. The zero-order valence-electron chi connectivity index (χ0n) is 10.6. The summed E-state index contributed by atoms with van der Waals surface area (Å²) in [6.07, 6.45) is 0. The van der Waals surface area contributed by atoms with Crippen LogP contribution in [0.5, 0.6) is 0 Å². The van der Waals surface area contributed by atoms with Crippen molar-refractivity contribution in [1.29, 1.82) is 0 Å². The Balaban J connectivity index is 1.73. The molecule has 3 rings (SSSR count). The molecule has 2 aromatic rings. The summed E-state index contributed by atoms with van der Waals surface area (Å²) < 4.78 is 0. The molecule has 1 aliphatic heterocycles. The van der Waals surface area contributed by atoms with Crippen molar-refractivity contribution in [3.8, 4) is 0 Å². The first-order valence-electron chi connectivity index (χ1n) is 5.98. The monoisotopic (exact) mass is 319 g/mol. The van der Waals surface area contributed by atoms with Crippen molar-refractivity contribution < 1.29 is 19.5 Å². The maximum Gasteiger partial charge on any atom is 0.345 e. The third kappa shape index (κ3) is 2.45. The molecule has 2 amide bonds. The second-order valence-corrected chi connectivity index (χ2v) is 6.24. The molecule has 0 saturated carbocycles. The number of fused-ring (bicyclic) bond motifs is 1.